The monoisotopic (exact) mass is 455 g/mol. The van der Waals surface area contributed by atoms with Gasteiger partial charge in [0.1, 0.15) is 5.82 Å². The minimum absolute atomic E-state index is 0.0705. The average Bonchev–Trinajstić information content (AvgIpc) is 3.53. The third kappa shape index (κ3) is 4.25. The number of allylic oxidation sites excluding steroid dienone is 1. The predicted octanol–water partition coefficient (Wildman–Crippen LogP) is 4.77. The van der Waals surface area contributed by atoms with Crippen molar-refractivity contribution in [2.24, 2.45) is 10.7 Å². The second-order valence-corrected chi connectivity index (χ2v) is 8.65. The molecule has 0 spiro atoms. The molecular weight excluding hydrogens is 433 g/mol. The summed E-state index contributed by atoms with van der Waals surface area (Å²) in [7, 11) is 0. The summed E-state index contributed by atoms with van der Waals surface area (Å²) in [5.74, 6) is -2.44. The number of benzene rings is 2. The Morgan fingerprint density at radius 1 is 1.22 bits per heavy atom. The van der Waals surface area contributed by atoms with Gasteiger partial charge in [-0.2, -0.15) is 0 Å². The fourth-order valence-electron chi connectivity index (χ4n) is 3.84. The maximum absolute atomic E-state index is 15.1. The predicted molar refractivity (Wildman–Crippen MR) is 123 cm³/mol. The summed E-state index contributed by atoms with van der Waals surface area (Å²) in [6, 6.07) is 9.53. The number of carboxylic acids is 1. The summed E-state index contributed by atoms with van der Waals surface area (Å²) >= 11 is 5.94. The van der Waals surface area contributed by atoms with Gasteiger partial charge in [-0.05, 0) is 61.9 Å². The van der Waals surface area contributed by atoms with E-state index in [1.165, 1.54) is 12.3 Å². The van der Waals surface area contributed by atoms with E-state index in [-0.39, 0.29) is 34.3 Å². The van der Waals surface area contributed by atoms with Gasteiger partial charge in [-0.15, -0.1) is 0 Å². The number of nitrogens with zero attached hydrogens (tertiary/aromatic N) is 1. The summed E-state index contributed by atoms with van der Waals surface area (Å²) in [5.41, 5.74) is 5.55. The number of aromatic carboxylic acids is 1. The van der Waals surface area contributed by atoms with Gasteiger partial charge < -0.3 is 16.2 Å². The Morgan fingerprint density at radius 2 is 1.91 bits per heavy atom. The van der Waals surface area contributed by atoms with Crippen molar-refractivity contribution in [1.82, 2.24) is 0 Å². The van der Waals surface area contributed by atoms with E-state index in [0.717, 1.165) is 37.1 Å². The molecule has 0 aromatic heterocycles. The fraction of sp³-hybridized carbons (Fsp3) is 0.292. The number of anilines is 1. The Morgan fingerprint density at radius 3 is 2.44 bits per heavy atom. The first kappa shape index (κ1) is 22.0. The van der Waals surface area contributed by atoms with Crippen LogP contribution in [0, 0.1) is 5.82 Å². The number of halogens is 2. The van der Waals surface area contributed by atoms with Crippen molar-refractivity contribution in [2.45, 2.75) is 43.6 Å². The zero-order valence-electron chi connectivity index (χ0n) is 17.3. The second kappa shape index (κ2) is 8.74. The smallest absolute Gasteiger partial charge is 0.336 e. The quantitative estimate of drug-likeness (QED) is 0.523. The minimum atomic E-state index is -1.33. The van der Waals surface area contributed by atoms with Gasteiger partial charge in [0.05, 0.1) is 11.0 Å². The highest BCUT2D eigenvalue weighted by atomic mass is 35.5. The zero-order valence-corrected chi connectivity index (χ0v) is 18.0. The van der Waals surface area contributed by atoms with Gasteiger partial charge in [-0.3, -0.25) is 9.79 Å². The molecule has 2 aromatic carbocycles. The van der Waals surface area contributed by atoms with Crippen LogP contribution in [0.3, 0.4) is 0 Å². The first-order valence-corrected chi connectivity index (χ1v) is 10.8. The van der Waals surface area contributed by atoms with Crippen molar-refractivity contribution < 1.29 is 19.1 Å². The Hall–Kier alpha value is -3.19. The van der Waals surface area contributed by atoms with Crippen LogP contribution < -0.4 is 11.1 Å². The van der Waals surface area contributed by atoms with Crippen LogP contribution in [0.15, 0.2) is 47.6 Å². The van der Waals surface area contributed by atoms with E-state index >= 15 is 4.39 Å². The van der Waals surface area contributed by atoms with Gasteiger partial charge >= 0.3 is 5.97 Å². The maximum atomic E-state index is 15.1. The molecule has 0 atom stereocenters. The molecule has 0 bridgehead atoms. The number of nitrogens with two attached hydrogens (primary N) is 1. The Kier molecular flexibility index (Phi) is 6.02. The van der Waals surface area contributed by atoms with E-state index in [2.05, 4.69) is 10.3 Å². The van der Waals surface area contributed by atoms with Crippen molar-refractivity contribution in [3.63, 3.8) is 0 Å². The molecule has 6 nitrogen and oxygen atoms in total. The lowest BCUT2D eigenvalue weighted by Gasteiger charge is -2.21. The number of amides is 1. The van der Waals surface area contributed by atoms with Crippen molar-refractivity contribution in [3.05, 3.63) is 70.1 Å². The van der Waals surface area contributed by atoms with Gasteiger partial charge in [-0.1, -0.05) is 23.7 Å². The van der Waals surface area contributed by atoms with Crippen molar-refractivity contribution in [2.75, 3.05) is 5.32 Å². The molecule has 0 saturated heterocycles. The van der Waals surface area contributed by atoms with E-state index in [1.807, 2.05) is 0 Å². The molecule has 0 unspecified atom stereocenters. The van der Waals surface area contributed by atoms with Crippen LogP contribution in [0.2, 0.25) is 5.02 Å². The van der Waals surface area contributed by atoms with E-state index in [4.69, 9.17) is 17.3 Å². The number of aliphatic imine (C=N–C) groups is 1. The van der Waals surface area contributed by atoms with Gasteiger partial charge in [0, 0.05) is 40.3 Å². The number of carbonyl (C=O) groups is 2. The van der Waals surface area contributed by atoms with E-state index in [9.17, 15) is 14.7 Å². The summed E-state index contributed by atoms with van der Waals surface area (Å²) < 4.78 is 15.1. The summed E-state index contributed by atoms with van der Waals surface area (Å²) in [6.07, 6.45) is 6.84. The number of hydrogen-bond acceptors (Lipinski definition) is 4. The molecule has 2 fully saturated rings. The highest BCUT2D eigenvalue weighted by molar-refractivity contribution is 6.30. The normalized spacial score (nSPS) is 17.8. The molecule has 2 saturated carbocycles. The minimum Gasteiger partial charge on any atom is -0.478 e. The van der Waals surface area contributed by atoms with Crippen LogP contribution in [-0.2, 0) is 10.2 Å². The molecule has 2 aromatic rings. The highest BCUT2D eigenvalue weighted by Gasteiger charge is 2.51. The van der Waals surface area contributed by atoms with Gasteiger partial charge in [-0.25, -0.2) is 9.18 Å². The van der Waals surface area contributed by atoms with E-state index in [1.54, 1.807) is 24.3 Å². The van der Waals surface area contributed by atoms with E-state index < -0.39 is 17.2 Å². The maximum Gasteiger partial charge on any atom is 0.336 e. The lowest BCUT2D eigenvalue weighted by Crippen LogP contribution is -2.28. The molecule has 1 amide bonds. The molecule has 4 N–H and O–H groups in total. The third-order valence-corrected chi connectivity index (χ3v) is 6.38. The van der Waals surface area contributed by atoms with Crippen LogP contribution in [-0.4, -0.2) is 29.2 Å². The van der Waals surface area contributed by atoms with Gasteiger partial charge in [0.15, 0.2) is 0 Å². The Balaban J connectivity index is 1.61. The average molecular weight is 456 g/mol. The fourth-order valence-corrected chi connectivity index (χ4v) is 3.97. The summed E-state index contributed by atoms with van der Waals surface area (Å²) in [5, 5.41) is 13.0. The van der Waals surface area contributed by atoms with Gasteiger partial charge in [0.2, 0.25) is 5.91 Å². The SMILES string of the molecule is NC=C(C=NC1CCC1)c1c(F)cc(NC(=O)C2(c3ccc(Cl)cc3)CC2)cc1C(=O)O. The number of hydrogen-bond donors (Lipinski definition) is 3. The first-order chi connectivity index (χ1) is 15.3. The molecule has 0 radical (unpaired) electrons. The third-order valence-electron chi connectivity index (χ3n) is 6.13. The van der Waals surface area contributed by atoms with Crippen LogP contribution in [0.25, 0.3) is 5.57 Å². The number of carboxylic acid groups (broad SMARTS) is 1. The molecule has 4 rings (SSSR count). The van der Waals surface area contributed by atoms with Crippen LogP contribution in [0.4, 0.5) is 10.1 Å². The number of nitrogens with one attached hydrogen (secondary N) is 1. The molecule has 2 aliphatic carbocycles. The standard InChI is InChI=1S/C24H23ClFN3O3/c25-16-6-4-15(5-7-16)24(8-9-24)23(32)29-18-10-19(22(30)31)21(20(26)11-18)14(12-27)13-28-17-2-1-3-17/h4-7,10-13,17H,1-3,8-9,27H2,(H,29,32)(H,30,31). The lowest BCUT2D eigenvalue weighted by molar-refractivity contribution is -0.118. The van der Waals surface area contributed by atoms with Crippen molar-refractivity contribution >= 4 is 41.0 Å². The van der Waals surface area contributed by atoms with Crippen LogP contribution in [0.1, 0.15) is 53.6 Å². The molecule has 8 heteroatoms. The largest absolute Gasteiger partial charge is 0.478 e. The number of rotatable bonds is 7. The van der Waals surface area contributed by atoms with Crippen LogP contribution >= 0.6 is 11.6 Å². The summed E-state index contributed by atoms with van der Waals surface area (Å²) in [4.78, 5) is 29.3. The van der Waals surface area contributed by atoms with E-state index in [0.29, 0.717) is 17.9 Å². The second-order valence-electron chi connectivity index (χ2n) is 8.21. The molecule has 32 heavy (non-hydrogen) atoms. The Bertz CT molecular complexity index is 1120. The molecular formula is C24H23ClFN3O3. The first-order valence-electron chi connectivity index (χ1n) is 10.4. The molecule has 0 heterocycles. The molecule has 0 aliphatic heterocycles. The molecule has 166 valence electrons. The summed E-state index contributed by atoms with van der Waals surface area (Å²) in [6.45, 7) is 0. The van der Waals surface area contributed by atoms with Crippen molar-refractivity contribution in [3.8, 4) is 0 Å². The van der Waals surface area contributed by atoms with Gasteiger partial charge in [0.25, 0.3) is 0 Å². The van der Waals surface area contributed by atoms with Crippen molar-refractivity contribution in [1.29, 1.82) is 0 Å². The highest BCUT2D eigenvalue weighted by Crippen LogP contribution is 2.49. The zero-order chi connectivity index (χ0) is 22.9. The van der Waals surface area contributed by atoms with Crippen LogP contribution in [0.5, 0.6) is 0 Å². The number of carbonyl (C=O) groups excluding carboxylic acids is 1. The molecule has 2 aliphatic rings. The Labute approximate surface area is 190 Å². The lowest BCUT2D eigenvalue weighted by atomic mass is 9.93. The topological polar surface area (TPSA) is 105 Å².